The number of aromatic nitrogens is 1. The first kappa shape index (κ1) is 16.0. The highest BCUT2D eigenvalue weighted by Crippen LogP contribution is 2.22. The standard InChI is InChI=1S/C13H15FN2O3S2/c1-8-6-15-13(20-8)9(2)16-21(18,19)11-3-4-12(14)10(5-11)7-17/h3-6,9,16-17H,7H2,1-2H3. The zero-order chi connectivity index (χ0) is 15.6. The molecule has 0 radical (unpaired) electrons. The molecule has 114 valence electrons. The minimum absolute atomic E-state index is 0.0596. The van der Waals surface area contributed by atoms with Gasteiger partial charge >= 0.3 is 0 Å². The molecule has 8 heteroatoms. The summed E-state index contributed by atoms with van der Waals surface area (Å²) in [4.78, 5) is 5.03. The van der Waals surface area contributed by atoms with E-state index >= 15 is 0 Å². The summed E-state index contributed by atoms with van der Waals surface area (Å²) in [5, 5.41) is 9.66. The Morgan fingerprint density at radius 3 is 2.76 bits per heavy atom. The van der Waals surface area contributed by atoms with Gasteiger partial charge in [-0.15, -0.1) is 11.3 Å². The summed E-state index contributed by atoms with van der Waals surface area (Å²) in [6.07, 6.45) is 1.67. The van der Waals surface area contributed by atoms with Crippen LogP contribution in [0.4, 0.5) is 4.39 Å². The average molecular weight is 330 g/mol. The first-order valence-corrected chi connectivity index (χ1v) is 8.47. The fourth-order valence-electron chi connectivity index (χ4n) is 1.76. The van der Waals surface area contributed by atoms with Gasteiger partial charge in [0.15, 0.2) is 0 Å². The monoisotopic (exact) mass is 330 g/mol. The van der Waals surface area contributed by atoms with E-state index in [1.165, 1.54) is 11.3 Å². The molecule has 2 N–H and O–H groups in total. The molecule has 1 aromatic heterocycles. The molecule has 2 rings (SSSR count). The van der Waals surface area contributed by atoms with Gasteiger partial charge in [0, 0.05) is 16.6 Å². The number of nitrogens with one attached hydrogen (secondary N) is 1. The fourth-order valence-corrected chi connectivity index (χ4v) is 3.87. The Kier molecular flexibility index (Phi) is 4.72. The Morgan fingerprint density at radius 1 is 1.48 bits per heavy atom. The van der Waals surface area contributed by atoms with Crippen molar-refractivity contribution >= 4 is 21.4 Å². The molecule has 21 heavy (non-hydrogen) atoms. The summed E-state index contributed by atoms with van der Waals surface area (Å²) in [7, 11) is -3.81. The van der Waals surface area contributed by atoms with Crippen LogP contribution < -0.4 is 4.72 Å². The lowest BCUT2D eigenvalue weighted by Crippen LogP contribution is -2.27. The minimum Gasteiger partial charge on any atom is -0.392 e. The Labute approximate surface area is 126 Å². The molecule has 1 aromatic carbocycles. The Bertz CT molecular complexity index is 744. The van der Waals surface area contributed by atoms with Crippen LogP contribution in [0.15, 0.2) is 29.3 Å². The third-order valence-electron chi connectivity index (χ3n) is 2.84. The number of aliphatic hydroxyl groups excluding tert-OH is 1. The molecule has 5 nitrogen and oxygen atoms in total. The van der Waals surface area contributed by atoms with Crippen molar-refractivity contribution in [1.82, 2.24) is 9.71 Å². The van der Waals surface area contributed by atoms with Gasteiger partial charge in [-0.1, -0.05) is 0 Å². The second kappa shape index (κ2) is 6.18. The number of rotatable bonds is 5. The molecule has 1 heterocycles. The topological polar surface area (TPSA) is 79.3 Å². The number of sulfonamides is 1. The lowest BCUT2D eigenvalue weighted by Gasteiger charge is -2.12. The number of thiazole rings is 1. The van der Waals surface area contributed by atoms with Crippen LogP contribution in [-0.2, 0) is 16.6 Å². The number of aliphatic hydroxyl groups is 1. The van der Waals surface area contributed by atoms with Crippen molar-refractivity contribution in [3.8, 4) is 0 Å². The van der Waals surface area contributed by atoms with Crippen molar-refractivity contribution in [2.45, 2.75) is 31.4 Å². The lowest BCUT2D eigenvalue weighted by molar-refractivity contribution is 0.275. The number of benzene rings is 1. The highest BCUT2D eigenvalue weighted by atomic mass is 32.2. The molecule has 2 aromatic rings. The van der Waals surface area contributed by atoms with Gasteiger partial charge in [-0.25, -0.2) is 22.5 Å². The maximum atomic E-state index is 13.3. The minimum atomic E-state index is -3.81. The van der Waals surface area contributed by atoms with Gasteiger partial charge in [0.2, 0.25) is 10.0 Å². The number of nitrogens with zero attached hydrogens (tertiary/aromatic N) is 1. The molecule has 0 saturated heterocycles. The number of aryl methyl sites for hydroxylation is 1. The van der Waals surface area contributed by atoms with E-state index in [1.54, 1.807) is 13.1 Å². The highest BCUT2D eigenvalue weighted by molar-refractivity contribution is 7.89. The zero-order valence-electron chi connectivity index (χ0n) is 11.5. The normalized spacial score (nSPS) is 13.3. The summed E-state index contributed by atoms with van der Waals surface area (Å²) in [6.45, 7) is 3.01. The van der Waals surface area contributed by atoms with Crippen LogP contribution in [0.1, 0.15) is 28.4 Å². The first-order chi connectivity index (χ1) is 9.83. The Balaban J connectivity index is 2.26. The van der Waals surface area contributed by atoms with E-state index in [0.717, 1.165) is 23.1 Å². The Morgan fingerprint density at radius 2 is 2.19 bits per heavy atom. The molecule has 1 atom stereocenters. The van der Waals surface area contributed by atoms with Crippen LogP contribution in [0.2, 0.25) is 0 Å². The van der Waals surface area contributed by atoms with Crippen LogP contribution >= 0.6 is 11.3 Å². The fraction of sp³-hybridized carbons (Fsp3) is 0.308. The van der Waals surface area contributed by atoms with Crippen LogP contribution in [0.3, 0.4) is 0 Å². The largest absolute Gasteiger partial charge is 0.392 e. The van der Waals surface area contributed by atoms with E-state index < -0.39 is 28.5 Å². The molecule has 0 bridgehead atoms. The van der Waals surface area contributed by atoms with E-state index in [9.17, 15) is 12.8 Å². The third-order valence-corrected chi connectivity index (χ3v) is 5.47. The van der Waals surface area contributed by atoms with Gasteiger partial charge in [0.1, 0.15) is 10.8 Å². The molecule has 0 saturated carbocycles. The van der Waals surface area contributed by atoms with Crippen molar-refractivity contribution in [2.24, 2.45) is 0 Å². The van der Waals surface area contributed by atoms with E-state index in [1.807, 2.05) is 6.92 Å². The van der Waals surface area contributed by atoms with Crippen molar-refractivity contribution in [1.29, 1.82) is 0 Å². The van der Waals surface area contributed by atoms with Crippen LogP contribution in [-0.4, -0.2) is 18.5 Å². The molecular formula is C13H15FN2O3S2. The van der Waals surface area contributed by atoms with Crippen molar-refractivity contribution in [2.75, 3.05) is 0 Å². The number of halogens is 1. The second-order valence-electron chi connectivity index (χ2n) is 4.56. The predicted octanol–water partition coefficient (Wildman–Crippen LogP) is 2.12. The van der Waals surface area contributed by atoms with E-state index in [4.69, 9.17) is 5.11 Å². The van der Waals surface area contributed by atoms with Gasteiger partial charge in [0.25, 0.3) is 0 Å². The van der Waals surface area contributed by atoms with Gasteiger partial charge in [-0.2, -0.15) is 0 Å². The van der Waals surface area contributed by atoms with Crippen molar-refractivity contribution in [3.05, 3.63) is 45.7 Å². The Hall–Kier alpha value is -1.35. The lowest BCUT2D eigenvalue weighted by atomic mass is 10.2. The third kappa shape index (κ3) is 3.65. The first-order valence-electron chi connectivity index (χ1n) is 6.17. The maximum absolute atomic E-state index is 13.3. The van der Waals surface area contributed by atoms with Crippen molar-refractivity contribution in [3.63, 3.8) is 0 Å². The molecule has 0 aliphatic heterocycles. The number of hydrogen-bond acceptors (Lipinski definition) is 5. The van der Waals surface area contributed by atoms with E-state index in [0.29, 0.717) is 5.01 Å². The second-order valence-corrected chi connectivity index (χ2v) is 7.54. The molecule has 0 aliphatic carbocycles. The summed E-state index contributed by atoms with van der Waals surface area (Å²) in [5.74, 6) is -0.639. The zero-order valence-corrected chi connectivity index (χ0v) is 13.1. The van der Waals surface area contributed by atoms with Crippen molar-refractivity contribution < 1.29 is 17.9 Å². The SMILES string of the molecule is Cc1cnc(C(C)NS(=O)(=O)c2ccc(F)c(CO)c2)s1. The summed E-state index contributed by atoms with van der Waals surface area (Å²) in [6, 6.07) is 2.82. The van der Waals surface area contributed by atoms with Crippen LogP contribution in [0, 0.1) is 12.7 Å². The average Bonchev–Trinajstić information content (AvgIpc) is 2.85. The van der Waals surface area contributed by atoms with Crippen LogP contribution in [0.25, 0.3) is 0 Å². The molecule has 1 unspecified atom stereocenters. The molecular weight excluding hydrogens is 315 g/mol. The highest BCUT2D eigenvalue weighted by Gasteiger charge is 2.21. The van der Waals surface area contributed by atoms with Crippen LogP contribution in [0.5, 0.6) is 0 Å². The van der Waals surface area contributed by atoms with Gasteiger partial charge < -0.3 is 5.11 Å². The number of hydrogen-bond donors (Lipinski definition) is 2. The van der Waals surface area contributed by atoms with Gasteiger partial charge in [0.05, 0.1) is 17.5 Å². The predicted molar refractivity (Wildman–Crippen MR) is 77.9 cm³/mol. The smallest absolute Gasteiger partial charge is 0.241 e. The molecule has 0 spiro atoms. The molecule has 0 fully saturated rings. The molecule has 0 amide bonds. The quantitative estimate of drug-likeness (QED) is 0.880. The van der Waals surface area contributed by atoms with Gasteiger partial charge in [-0.05, 0) is 32.0 Å². The summed E-state index contributed by atoms with van der Waals surface area (Å²) >= 11 is 1.40. The summed E-state index contributed by atoms with van der Waals surface area (Å²) < 4.78 is 40.3. The van der Waals surface area contributed by atoms with E-state index in [2.05, 4.69) is 9.71 Å². The maximum Gasteiger partial charge on any atom is 0.241 e. The summed E-state index contributed by atoms with van der Waals surface area (Å²) in [5.41, 5.74) is -0.0596. The molecule has 0 aliphatic rings. The van der Waals surface area contributed by atoms with E-state index in [-0.39, 0.29) is 10.5 Å². The van der Waals surface area contributed by atoms with Gasteiger partial charge in [-0.3, -0.25) is 0 Å².